The lowest BCUT2D eigenvalue weighted by Gasteiger charge is -2.11. The Morgan fingerprint density at radius 2 is 2.38 bits per heavy atom. The van der Waals surface area contributed by atoms with Crippen LogP contribution in [0.1, 0.15) is 20.3 Å². The molecule has 0 saturated carbocycles. The zero-order chi connectivity index (χ0) is 9.84. The molecule has 0 spiro atoms. The molecule has 1 saturated heterocycles. The fourth-order valence-corrected chi connectivity index (χ4v) is 1.39. The summed E-state index contributed by atoms with van der Waals surface area (Å²) in [5.74, 6) is -0.0225. The van der Waals surface area contributed by atoms with Gasteiger partial charge in [0.05, 0.1) is 18.8 Å². The first-order chi connectivity index (χ1) is 6.19. The third kappa shape index (κ3) is 2.84. The molecule has 0 aromatic carbocycles. The fraction of sp³-hybridized carbons (Fsp3) is 0.700. The Morgan fingerprint density at radius 1 is 1.77 bits per heavy atom. The number of hydrogen-bond donors (Lipinski definition) is 0. The van der Waals surface area contributed by atoms with Crippen LogP contribution in [0.5, 0.6) is 0 Å². The predicted octanol–water partition coefficient (Wildman–Crippen LogP) is 1.53. The summed E-state index contributed by atoms with van der Waals surface area (Å²) in [5.41, 5.74) is 0. The van der Waals surface area contributed by atoms with E-state index in [1.54, 1.807) is 0 Å². The summed E-state index contributed by atoms with van der Waals surface area (Å²) in [6, 6.07) is 0. The second-order valence-corrected chi connectivity index (χ2v) is 3.31. The van der Waals surface area contributed by atoms with Crippen LogP contribution in [0, 0.1) is 5.92 Å². The highest BCUT2D eigenvalue weighted by molar-refractivity contribution is 5.81. The van der Waals surface area contributed by atoms with E-state index < -0.39 is 0 Å². The number of epoxide rings is 1. The number of carbonyl (C=O) groups excluding carboxylic acids is 1. The van der Waals surface area contributed by atoms with Gasteiger partial charge in [-0.2, -0.15) is 0 Å². The molecule has 3 heteroatoms. The van der Waals surface area contributed by atoms with Crippen LogP contribution < -0.4 is 0 Å². The third-order valence-electron chi connectivity index (χ3n) is 2.35. The number of rotatable bonds is 5. The van der Waals surface area contributed by atoms with Crippen molar-refractivity contribution in [3.63, 3.8) is 0 Å². The van der Waals surface area contributed by atoms with Gasteiger partial charge in [0.2, 0.25) is 0 Å². The van der Waals surface area contributed by atoms with Gasteiger partial charge in [-0.3, -0.25) is 0 Å². The lowest BCUT2D eigenvalue weighted by atomic mass is 10.0. The van der Waals surface area contributed by atoms with Crippen LogP contribution in [0.25, 0.3) is 0 Å². The van der Waals surface area contributed by atoms with E-state index in [0.29, 0.717) is 18.6 Å². The molecule has 0 N–H and O–H groups in total. The van der Waals surface area contributed by atoms with Crippen LogP contribution in [-0.2, 0) is 14.3 Å². The largest absolute Gasteiger partial charge is 0.462 e. The molecule has 3 nitrogen and oxygen atoms in total. The van der Waals surface area contributed by atoms with Crippen LogP contribution in [0.15, 0.2) is 12.7 Å². The Balaban J connectivity index is 2.24. The zero-order valence-electron chi connectivity index (χ0n) is 8.16. The molecule has 0 radical (unpaired) electrons. The minimum Gasteiger partial charge on any atom is -0.462 e. The van der Waals surface area contributed by atoms with Crippen molar-refractivity contribution in [1.29, 1.82) is 0 Å². The second-order valence-electron chi connectivity index (χ2n) is 3.31. The van der Waals surface area contributed by atoms with Crippen molar-refractivity contribution in [2.75, 3.05) is 6.61 Å². The first kappa shape index (κ1) is 10.3. The van der Waals surface area contributed by atoms with Crippen molar-refractivity contribution in [2.45, 2.75) is 32.5 Å². The highest BCUT2D eigenvalue weighted by Gasteiger charge is 2.40. The maximum Gasteiger partial charge on any atom is 0.330 e. The van der Waals surface area contributed by atoms with Crippen LogP contribution in [0.2, 0.25) is 0 Å². The smallest absolute Gasteiger partial charge is 0.330 e. The summed E-state index contributed by atoms with van der Waals surface area (Å²) in [5, 5.41) is 0. The first-order valence-corrected chi connectivity index (χ1v) is 4.63. The molecule has 13 heavy (non-hydrogen) atoms. The highest BCUT2D eigenvalue weighted by Crippen LogP contribution is 2.31. The van der Waals surface area contributed by atoms with E-state index in [9.17, 15) is 4.79 Å². The van der Waals surface area contributed by atoms with E-state index >= 15 is 0 Å². The van der Waals surface area contributed by atoms with Gasteiger partial charge in [-0.05, 0) is 13.3 Å². The highest BCUT2D eigenvalue weighted by atomic mass is 16.6. The van der Waals surface area contributed by atoms with Gasteiger partial charge in [0, 0.05) is 12.0 Å². The zero-order valence-corrected chi connectivity index (χ0v) is 8.16. The minimum atomic E-state index is -0.355. The average Bonchev–Trinajstić information content (AvgIpc) is 2.83. The Labute approximate surface area is 78.7 Å². The van der Waals surface area contributed by atoms with E-state index in [0.717, 1.165) is 6.42 Å². The Kier molecular flexibility index (Phi) is 3.48. The third-order valence-corrected chi connectivity index (χ3v) is 2.35. The van der Waals surface area contributed by atoms with Gasteiger partial charge in [0.15, 0.2) is 0 Å². The van der Waals surface area contributed by atoms with Crippen molar-refractivity contribution in [2.24, 2.45) is 5.92 Å². The van der Waals surface area contributed by atoms with Crippen molar-refractivity contribution in [3.05, 3.63) is 12.7 Å². The standard InChI is InChI=1S/C10H16O3/c1-4-8(10-7(3)13-10)6-12-9(11)5-2/h5,7-8,10H,2,4,6H2,1,3H3. The first-order valence-electron chi connectivity index (χ1n) is 4.63. The number of ether oxygens (including phenoxy) is 2. The monoisotopic (exact) mass is 184 g/mol. The average molecular weight is 184 g/mol. The summed E-state index contributed by atoms with van der Waals surface area (Å²) in [7, 11) is 0. The van der Waals surface area contributed by atoms with E-state index in [1.165, 1.54) is 6.08 Å². The molecule has 0 aromatic heterocycles. The van der Waals surface area contributed by atoms with Crippen molar-refractivity contribution in [1.82, 2.24) is 0 Å². The Bertz CT molecular complexity index is 200. The number of carbonyl (C=O) groups is 1. The van der Waals surface area contributed by atoms with Gasteiger partial charge >= 0.3 is 5.97 Å². The lowest BCUT2D eigenvalue weighted by molar-refractivity contribution is -0.139. The molecule has 0 bridgehead atoms. The summed E-state index contributed by atoms with van der Waals surface area (Å²) in [6.07, 6.45) is 2.76. The predicted molar refractivity (Wildman–Crippen MR) is 49.3 cm³/mol. The maximum absolute atomic E-state index is 10.8. The molecule has 74 valence electrons. The SMILES string of the molecule is C=CC(=O)OCC(CC)C1OC1C. The maximum atomic E-state index is 10.8. The molecule has 3 atom stereocenters. The molecule has 0 aliphatic carbocycles. The molecular weight excluding hydrogens is 168 g/mol. The molecule has 3 unspecified atom stereocenters. The second kappa shape index (κ2) is 4.42. The molecule has 1 fully saturated rings. The van der Waals surface area contributed by atoms with Crippen LogP contribution in [-0.4, -0.2) is 24.8 Å². The summed E-state index contributed by atoms with van der Waals surface area (Å²) in [6.45, 7) is 7.88. The minimum absolute atomic E-state index is 0.280. The van der Waals surface area contributed by atoms with Gasteiger partial charge < -0.3 is 9.47 Å². The molecule has 0 aromatic rings. The fourth-order valence-electron chi connectivity index (χ4n) is 1.39. The molecule has 1 aliphatic rings. The van der Waals surface area contributed by atoms with E-state index in [2.05, 4.69) is 13.5 Å². The lowest BCUT2D eigenvalue weighted by Crippen LogP contribution is -2.18. The van der Waals surface area contributed by atoms with E-state index in [-0.39, 0.29) is 12.1 Å². The van der Waals surface area contributed by atoms with Crippen LogP contribution >= 0.6 is 0 Å². The van der Waals surface area contributed by atoms with Gasteiger partial charge in [-0.1, -0.05) is 13.5 Å². The molecule has 1 heterocycles. The Hall–Kier alpha value is -0.830. The van der Waals surface area contributed by atoms with E-state index in [4.69, 9.17) is 9.47 Å². The summed E-state index contributed by atoms with van der Waals surface area (Å²) < 4.78 is 10.3. The summed E-state index contributed by atoms with van der Waals surface area (Å²) >= 11 is 0. The normalized spacial score (nSPS) is 27.8. The topological polar surface area (TPSA) is 38.8 Å². The van der Waals surface area contributed by atoms with Crippen molar-refractivity contribution < 1.29 is 14.3 Å². The van der Waals surface area contributed by atoms with Crippen LogP contribution in [0.4, 0.5) is 0 Å². The molecular formula is C10H16O3. The van der Waals surface area contributed by atoms with Gasteiger partial charge in [-0.25, -0.2) is 4.79 Å². The molecule has 1 aliphatic heterocycles. The van der Waals surface area contributed by atoms with Crippen LogP contribution in [0.3, 0.4) is 0 Å². The molecule has 1 rings (SSSR count). The number of hydrogen-bond acceptors (Lipinski definition) is 3. The van der Waals surface area contributed by atoms with E-state index in [1.807, 2.05) is 6.92 Å². The van der Waals surface area contributed by atoms with Gasteiger partial charge in [-0.15, -0.1) is 0 Å². The summed E-state index contributed by atoms with van der Waals surface area (Å²) in [4.78, 5) is 10.8. The van der Waals surface area contributed by atoms with Gasteiger partial charge in [0.1, 0.15) is 0 Å². The van der Waals surface area contributed by atoms with Crippen molar-refractivity contribution >= 4 is 5.97 Å². The Morgan fingerprint density at radius 3 is 2.77 bits per heavy atom. The number of esters is 1. The molecule has 0 amide bonds. The van der Waals surface area contributed by atoms with Crippen molar-refractivity contribution in [3.8, 4) is 0 Å². The van der Waals surface area contributed by atoms with Gasteiger partial charge in [0.25, 0.3) is 0 Å². The quantitative estimate of drug-likeness (QED) is 0.369.